The molecule has 37 heavy (non-hydrogen) atoms. The van der Waals surface area contributed by atoms with Crippen LogP contribution in [0.3, 0.4) is 0 Å². The number of nitrogens with zero attached hydrogens (tertiary/aromatic N) is 1. The smallest absolute Gasteiger partial charge is 0.341 e. The highest BCUT2D eigenvalue weighted by atomic mass is 32.1. The number of esters is 1. The summed E-state index contributed by atoms with van der Waals surface area (Å²) in [6.45, 7) is 1.78. The van der Waals surface area contributed by atoms with E-state index in [2.05, 4.69) is 5.32 Å². The summed E-state index contributed by atoms with van der Waals surface area (Å²) in [5.41, 5.74) is 1.52. The number of methoxy groups -OCH3 is 2. The van der Waals surface area contributed by atoms with Gasteiger partial charge in [0.25, 0.3) is 11.8 Å². The van der Waals surface area contributed by atoms with Gasteiger partial charge >= 0.3 is 5.97 Å². The highest BCUT2D eigenvalue weighted by Gasteiger charge is 2.35. The van der Waals surface area contributed by atoms with Crippen molar-refractivity contribution in [3.05, 3.63) is 81.7 Å². The van der Waals surface area contributed by atoms with Gasteiger partial charge in [0.05, 0.1) is 44.1 Å². The van der Waals surface area contributed by atoms with E-state index in [1.807, 2.05) is 0 Å². The van der Waals surface area contributed by atoms with Crippen LogP contribution in [-0.4, -0.2) is 49.4 Å². The molecule has 0 bridgehead atoms. The summed E-state index contributed by atoms with van der Waals surface area (Å²) < 4.78 is 15.6. The van der Waals surface area contributed by atoms with E-state index in [1.54, 1.807) is 55.5 Å². The molecule has 1 N–H and O–H groups in total. The highest BCUT2D eigenvalue weighted by molar-refractivity contribution is 7.16. The second-order valence-electron chi connectivity index (χ2n) is 7.86. The number of fused-ring (bicyclic) bond motifs is 1. The Morgan fingerprint density at radius 2 is 1.65 bits per heavy atom. The Kier molecular flexibility index (Phi) is 7.69. The Hall–Kier alpha value is -4.44. The fourth-order valence-electron chi connectivity index (χ4n) is 3.79. The van der Waals surface area contributed by atoms with Crippen LogP contribution in [0.5, 0.6) is 11.5 Å². The minimum absolute atomic E-state index is 0.0409. The maximum atomic E-state index is 12.7. The van der Waals surface area contributed by atoms with Crippen molar-refractivity contribution in [2.24, 2.45) is 0 Å². The van der Waals surface area contributed by atoms with E-state index < -0.39 is 23.7 Å². The zero-order chi connectivity index (χ0) is 26.5. The number of rotatable bonds is 9. The molecule has 1 aliphatic heterocycles. The Morgan fingerprint density at radius 1 is 0.973 bits per heavy atom. The molecule has 2 aromatic carbocycles. The summed E-state index contributed by atoms with van der Waals surface area (Å²) >= 11 is 1.10. The fraction of sp³-hybridized carbons (Fsp3) is 0.185. The van der Waals surface area contributed by atoms with Gasteiger partial charge < -0.3 is 19.5 Å². The number of hydrogen-bond acceptors (Lipinski definition) is 8. The number of benzene rings is 2. The number of carbonyl (C=O) groups is 4. The normalized spacial score (nSPS) is 12.6. The minimum atomic E-state index is -0.619. The lowest BCUT2D eigenvalue weighted by Crippen LogP contribution is -2.28. The molecule has 3 aromatic rings. The second-order valence-corrected chi connectivity index (χ2v) is 8.99. The molecule has 1 aromatic heterocycles. The Labute approximate surface area is 217 Å². The second kappa shape index (κ2) is 11.1. The number of imide groups is 1. The van der Waals surface area contributed by atoms with Gasteiger partial charge in [-0.05, 0) is 48.9 Å². The quantitative estimate of drug-likeness (QED) is 0.253. The fourth-order valence-corrected chi connectivity index (χ4v) is 4.83. The molecular weight excluding hydrogens is 496 g/mol. The van der Waals surface area contributed by atoms with E-state index in [1.165, 1.54) is 26.4 Å². The first kappa shape index (κ1) is 25.6. The van der Waals surface area contributed by atoms with Gasteiger partial charge in [0.2, 0.25) is 5.91 Å². The van der Waals surface area contributed by atoms with Crippen LogP contribution in [0.1, 0.15) is 48.4 Å². The predicted octanol–water partition coefficient (Wildman–Crippen LogP) is 4.39. The number of ether oxygens (including phenoxy) is 3. The molecule has 4 rings (SSSR count). The molecule has 0 aliphatic carbocycles. The summed E-state index contributed by atoms with van der Waals surface area (Å²) in [6, 6.07) is 13.3. The molecule has 9 nitrogen and oxygen atoms in total. The average molecular weight is 521 g/mol. The summed E-state index contributed by atoms with van der Waals surface area (Å²) in [4.78, 5) is 52.4. The molecule has 0 spiro atoms. The molecule has 3 amide bonds. The molecule has 0 saturated carbocycles. The number of amides is 3. The first-order chi connectivity index (χ1) is 17.9. The molecule has 0 radical (unpaired) electrons. The first-order valence-corrected chi connectivity index (χ1v) is 12.1. The largest absolute Gasteiger partial charge is 0.493 e. The zero-order valence-corrected chi connectivity index (χ0v) is 21.2. The van der Waals surface area contributed by atoms with Crippen molar-refractivity contribution in [2.75, 3.05) is 26.1 Å². The number of hydrogen-bond donors (Lipinski definition) is 1. The Morgan fingerprint density at radius 3 is 2.27 bits per heavy atom. The standard InChI is InChI=1S/C27H24N2O7S/c1-4-36-27(33)20-14-17(15-29-25(31)18-7-5-6-8-19(18)26(29)32)37-24(20)28-23(30)12-10-16-9-11-21(34-2)22(13-16)35-3/h5-14H,4,15H2,1-3H3,(H,28,30)/b12-10+. The molecule has 0 atom stereocenters. The third kappa shape index (κ3) is 5.39. The third-order valence-corrected chi connectivity index (χ3v) is 6.58. The van der Waals surface area contributed by atoms with Crippen molar-refractivity contribution in [1.29, 1.82) is 0 Å². The van der Waals surface area contributed by atoms with Crippen molar-refractivity contribution in [3.8, 4) is 11.5 Å². The van der Waals surface area contributed by atoms with Gasteiger partial charge in [-0.2, -0.15) is 0 Å². The topological polar surface area (TPSA) is 111 Å². The van der Waals surface area contributed by atoms with Gasteiger partial charge in [-0.3, -0.25) is 19.3 Å². The molecule has 10 heteroatoms. The summed E-state index contributed by atoms with van der Waals surface area (Å²) in [5.74, 6) is -0.829. The third-order valence-electron chi connectivity index (χ3n) is 5.54. The van der Waals surface area contributed by atoms with Gasteiger partial charge in [-0.15, -0.1) is 11.3 Å². The summed E-state index contributed by atoms with van der Waals surface area (Å²) in [6.07, 6.45) is 2.91. The van der Waals surface area contributed by atoms with Gasteiger partial charge in [-0.25, -0.2) is 4.79 Å². The number of thiophene rings is 1. The zero-order valence-electron chi connectivity index (χ0n) is 20.4. The van der Waals surface area contributed by atoms with E-state index in [4.69, 9.17) is 14.2 Å². The van der Waals surface area contributed by atoms with E-state index in [0.717, 1.165) is 16.2 Å². The SMILES string of the molecule is CCOC(=O)c1cc(CN2C(=O)c3ccccc3C2=O)sc1NC(=O)/C=C/c1ccc(OC)c(OC)c1. The van der Waals surface area contributed by atoms with Gasteiger partial charge in [0.1, 0.15) is 5.00 Å². The average Bonchev–Trinajstić information content (AvgIpc) is 3.41. The monoisotopic (exact) mass is 520 g/mol. The molecule has 190 valence electrons. The minimum Gasteiger partial charge on any atom is -0.493 e. The van der Waals surface area contributed by atoms with Crippen LogP contribution in [0.15, 0.2) is 54.6 Å². The maximum Gasteiger partial charge on any atom is 0.341 e. The highest BCUT2D eigenvalue weighted by Crippen LogP contribution is 2.33. The Bertz CT molecular complexity index is 1370. The van der Waals surface area contributed by atoms with Crippen LogP contribution in [-0.2, 0) is 16.1 Å². The Balaban J connectivity index is 1.54. The van der Waals surface area contributed by atoms with E-state index in [0.29, 0.717) is 33.1 Å². The van der Waals surface area contributed by atoms with Crippen molar-refractivity contribution in [3.63, 3.8) is 0 Å². The van der Waals surface area contributed by atoms with Gasteiger partial charge in [0, 0.05) is 11.0 Å². The van der Waals surface area contributed by atoms with Gasteiger partial charge in [-0.1, -0.05) is 18.2 Å². The van der Waals surface area contributed by atoms with Crippen LogP contribution in [0.2, 0.25) is 0 Å². The summed E-state index contributed by atoms with van der Waals surface area (Å²) in [7, 11) is 3.05. The molecule has 0 fully saturated rings. The van der Waals surface area contributed by atoms with Crippen LogP contribution in [0.25, 0.3) is 6.08 Å². The molecule has 1 aliphatic rings. The maximum absolute atomic E-state index is 12.7. The van der Waals surface area contributed by atoms with Crippen LogP contribution in [0.4, 0.5) is 5.00 Å². The number of carbonyl (C=O) groups excluding carboxylic acids is 4. The molecule has 2 heterocycles. The number of nitrogens with one attached hydrogen (secondary N) is 1. The van der Waals surface area contributed by atoms with E-state index in [9.17, 15) is 19.2 Å². The van der Waals surface area contributed by atoms with Crippen LogP contribution in [0, 0.1) is 0 Å². The lowest BCUT2D eigenvalue weighted by Gasteiger charge is -2.12. The lowest BCUT2D eigenvalue weighted by molar-refractivity contribution is -0.111. The molecular formula is C27H24N2O7S. The lowest BCUT2D eigenvalue weighted by atomic mass is 10.1. The van der Waals surface area contributed by atoms with Crippen molar-refractivity contribution < 1.29 is 33.4 Å². The van der Waals surface area contributed by atoms with Gasteiger partial charge in [0.15, 0.2) is 11.5 Å². The molecule has 0 saturated heterocycles. The first-order valence-electron chi connectivity index (χ1n) is 11.3. The summed E-state index contributed by atoms with van der Waals surface area (Å²) in [5, 5.41) is 2.96. The predicted molar refractivity (Wildman–Crippen MR) is 138 cm³/mol. The molecule has 0 unspecified atom stereocenters. The van der Waals surface area contributed by atoms with Crippen LogP contribution >= 0.6 is 11.3 Å². The van der Waals surface area contributed by atoms with E-state index in [-0.39, 0.29) is 23.7 Å². The van der Waals surface area contributed by atoms with Crippen molar-refractivity contribution >= 4 is 46.1 Å². The van der Waals surface area contributed by atoms with Crippen LogP contribution < -0.4 is 14.8 Å². The van der Waals surface area contributed by atoms with Crippen molar-refractivity contribution in [1.82, 2.24) is 4.90 Å². The number of anilines is 1. The van der Waals surface area contributed by atoms with E-state index >= 15 is 0 Å². The van der Waals surface area contributed by atoms with Crippen molar-refractivity contribution in [2.45, 2.75) is 13.5 Å².